The third-order valence-electron chi connectivity index (χ3n) is 4.67. The second-order valence-electron chi connectivity index (χ2n) is 6.76. The molecule has 0 aliphatic carbocycles. The lowest BCUT2D eigenvalue weighted by Gasteiger charge is -2.35. The van der Waals surface area contributed by atoms with Crippen LogP contribution in [0.2, 0.25) is 10.0 Å². The number of aromatic nitrogens is 2. The minimum absolute atomic E-state index is 0.219. The van der Waals surface area contributed by atoms with Crippen LogP contribution in [-0.2, 0) is 18.4 Å². The molecule has 1 saturated heterocycles. The van der Waals surface area contributed by atoms with E-state index in [0.29, 0.717) is 15.0 Å². The van der Waals surface area contributed by atoms with Gasteiger partial charge in [-0.1, -0.05) is 29.3 Å². The number of rotatable bonds is 3. The Morgan fingerprint density at radius 3 is 2.68 bits per heavy atom. The van der Waals surface area contributed by atoms with E-state index in [1.54, 1.807) is 24.3 Å². The van der Waals surface area contributed by atoms with Crippen molar-refractivity contribution in [2.75, 3.05) is 26.2 Å². The first kappa shape index (κ1) is 19.5. The molecule has 0 spiro atoms. The van der Waals surface area contributed by atoms with Gasteiger partial charge in [0, 0.05) is 61.6 Å². The SMILES string of the molecule is Cn1cc(CN2CCN(C3=NC(=O)C(=Cc4ccc(Cl)cc4Cl)S3)CC2)cn1. The fourth-order valence-electron chi connectivity index (χ4n) is 3.20. The number of carbonyl (C=O) groups excluding carboxylic acids is 1. The van der Waals surface area contributed by atoms with Crippen molar-refractivity contribution in [3.63, 3.8) is 0 Å². The zero-order valence-corrected chi connectivity index (χ0v) is 17.6. The van der Waals surface area contributed by atoms with Crippen LogP contribution in [0.25, 0.3) is 6.08 Å². The van der Waals surface area contributed by atoms with Gasteiger partial charge in [0.05, 0.1) is 11.1 Å². The predicted octanol–water partition coefficient (Wildman–Crippen LogP) is 3.52. The summed E-state index contributed by atoms with van der Waals surface area (Å²) in [7, 11) is 1.93. The number of piperazine rings is 1. The summed E-state index contributed by atoms with van der Waals surface area (Å²) in [5.74, 6) is -0.219. The van der Waals surface area contributed by atoms with E-state index in [1.165, 1.54) is 17.3 Å². The summed E-state index contributed by atoms with van der Waals surface area (Å²) in [6, 6.07) is 5.23. The van der Waals surface area contributed by atoms with Crippen molar-refractivity contribution in [1.82, 2.24) is 19.6 Å². The molecule has 0 radical (unpaired) electrons. The Kier molecular flexibility index (Phi) is 5.78. The molecule has 2 aliphatic heterocycles. The maximum Gasteiger partial charge on any atom is 0.286 e. The maximum atomic E-state index is 12.3. The van der Waals surface area contributed by atoms with E-state index in [4.69, 9.17) is 23.2 Å². The Balaban J connectivity index is 1.36. The first-order valence-corrected chi connectivity index (χ1v) is 10.5. The highest BCUT2D eigenvalue weighted by Crippen LogP contribution is 2.32. The topological polar surface area (TPSA) is 53.7 Å². The highest BCUT2D eigenvalue weighted by molar-refractivity contribution is 8.18. The minimum Gasteiger partial charge on any atom is -0.348 e. The van der Waals surface area contributed by atoms with Crippen LogP contribution in [0.4, 0.5) is 0 Å². The van der Waals surface area contributed by atoms with Gasteiger partial charge in [-0.05, 0) is 35.5 Å². The van der Waals surface area contributed by atoms with E-state index in [-0.39, 0.29) is 5.91 Å². The molecule has 146 valence electrons. The fourth-order valence-corrected chi connectivity index (χ4v) is 4.62. The van der Waals surface area contributed by atoms with Gasteiger partial charge in [-0.3, -0.25) is 14.4 Å². The molecule has 28 heavy (non-hydrogen) atoms. The smallest absolute Gasteiger partial charge is 0.286 e. The van der Waals surface area contributed by atoms with Gasteiger partial charge < -0.3 is 4.90 Å². The standard InChI is InChI=1S/C19H19Cl2N5OS/c1-24-11-13(10-22-24)12-25-4-6-26(7-5-25)19-23-18(27)17(28-19)8-14-2-3-15(20)9-16(14)21/h2-3,8-11H,4-7,12H2,1H3. The number of aliphatic imine (C=N–C) groups is 1. The lowest BCUT2D eigenvalue weighted by molar-refractivity contribution is -0.113. The van der Waals surface area contributed by atoms with Crippen LogP contribution in [0, 0.1) is 0 Å². The molecule has 1 aromatic heterocycles. The van der Waals surface area contributed by atoms with Crippen LogP contribution in [0.15, 0.2) is 40.5 Å². The van der Waals surface area contributed by atoms with Crippen LogP contribution >= 0.6 is 35.0 Å². The van der Waals surface area contributed by atoms with E-state index in [2.05, 4.69) is 19.9 Å². The molecule has 0 bridgehead atoms. The summed E-state index contributed by atoms with van der Waals surface area (Å²) in [6.45, 7) is 4.42. The average molecular weight is 436 g/mol. The van der Waals surface area contributed by atoms with Crippen molar-refractivity contribution in [3.8, 4) is 0 Å². The average Bonchev–Trinajstić information content (AvgIpc) is 3.24. The Hall–Kier alpha value is -1.80. The van der Waals surface area contributed by atoms with Crippen molar-refractivity contribution in [1.29, 1.82) is 0 Å². The molecule has 1 aromatic carbocycles. The lowest BCUT2D eigenvalue weighted by Crippen LogP contribution is -2.47. The second kappa shape index (κ2) is 8.29. The van der Waals surface area contributed by atoms with Crippen LogP contribution in [0.5, 0.6) is 0 Å². The van der Waals surface area contributed by atoms with E-state index in [0.717, 1.165) is 43.5 Å². The van der Waals surface area contributed by atoms with E-state index in [9.17, 15) is 4.79 Å². The summed E-state index contributed by atoms with van der Waals surface area (Å²) in [5.41, 5.74) is 1.98. The summed E-state index contributed by atoms with van der Waals surface area (Å²) < 4.78 is 1.82. The number of carbonyl (C=O) groups is 1. The largest absolute Gasteiger partial charge is 0.348 e. The molecule has 3 heterocycles. The van der Waals surface area contributed by atoms with Gasteiger partial charge in [0.25, 0.3) is 5.91 Å². The zero-order chi connectivity index (χ0) is 19.7. The molecule has 2 aliphatic rings. The third kappa shape index (κ3) is 4.43. The van der Waals surface area contributed by atoms with Crippen molar-refractivity contribution >= 4 is 52.1 Å². The molecular weight excluding hydrogens is 417 g/mol. The van der Waals surface area contributed by atoms with Crippen molar-refractivity contribution in [3.05, 3.63) is 56.7 Å². The number of nitrogens with zero attached hydrogens (tertiary/aromatic N) is 5. The van der Waals surface area contributed by atoms with E-state index < -0.39 is 0 Å². The summed E-state index contributed by atoms with van der Waals surface area (Å²) in [5, 5.41) is 6.07. The molecule has 0 unspecified atom stereocenters. The van der Waals surface area contributed by atoms with E-state index >= 15 is 0 Å². The Morgan fingerprint density at radius 1 is 1.21 bits per heavy atom. The number of aryl methyl sites for hydroxylation is 1. The summed E-state index contributed by atoms with van der Waals surface area (Å²) >= 11 is 13.6. The van der Waals surface area contributed by atoms with Crippen LogP contribution in [0.1, 0.15) is 11.1 Å². The lowest BCUT2D eigenvalue weighted by atomic mass is 10.2. The number of hydrogen-bond donors (Lipinski definition) is 0. The summed E-state index contributed by atoms with van der Waals surface area (Å²) in [4.78, 5) is 21.7. The quantitative estimate of drug-likeness (QED) is 0.690. The number of halogens is 2. The highest BCUT2D eigenvalue weighted by Gasteiger charge is 2.28. The second-order valence-corrected chi connectivity index (χ2v) is 8.61. The molecule has 6 nitrogen and oxygen atoms in total. The van der Waals surface area contributed by atoms with Gasteiger partial charge in [0.15, 0.2) is 5.17 Å². The zero-order valence-electron chi connectivity index (χ0n) is 15.3. The van der Waals surface area contributed by atoms with Crippen molar-refractivity contribution < 1.29 is 4.79 Å². The van der Waals surface area contributed by atoms with Crippen molar-refractivity contribution in [2.24, 2.45) is 12.0 Å². The number of thioether (sulfide) groups is 1. The molecule has 0 saturated carbocycles. The predicted molar refractivity (Wildman–Crippen MR) is 115 cm³/mol. The van der Waals surface area contributed by atoms with Crippen LogP contribution in [-0.4, -0.2) is 56.8 Å². The van der Waals surface area contributed by atoms with Crippen LogP contribution < -0.4 is 0 Å². The number of benzene rings is 1. The molecule has 1 amide bonds. The molecule has 9 heteroatoms. The van der Waals surface area contributed by atoms with Gasteiger partial charge in [0.2, 0.25) is 0 Å². The van der Waals surface area contributed by atoms with Gasteiger partial charge in [-0.15, -0.1) is 0 Å². The normalized spacial score (nSPS) is 19.5. The minimum atomic E-state index is -0.219. The number of amides is 1. The molecule has 2 aromatic rings. The van der Waals surface area contributed by atoms with Crippen LogP contribution in [0.3, 0.4) is 0 Å². The monoisotopic (exact) mass is 435 g/mol. The Labute approximate surface area is 177 Å². The molecule has 1 fully saturated rings. The number of amidine groups is 1. The maximum absolute atomic E-state index is 12.3. The van der Waals surface area contributed by atoms with Gasteiger partial charge in [-0.2, -0.15) is 10.1 Å². The van der Waals surface area contributed by atoms with Gasteiger partial charge in [-0.25, -0.2) is 0 Å². The highest BCUT2D eigenvalue weighted by atomic mass is 35.5. The third-order valence-corrected chi connectivity index (χ3v) is 6.27. The van der Waals surface area contributed by atoms with Crippen molar-refractivity contribution in [2.45, 2.75) is 6.54 Å². The fraction of sp³-hybridized carbons (Fsp3) is 0.316. The van der Waals surface area contributed by atoms with E-state index in [1.807, 2.05) is 24.1 Å². The first-order valence-electron chi connectivity index (χ1n) is 8.90. The molecule has 4 rings (SSSR count). The molecular formula is C19H19Cl2N5OS. The summed E-state index contributed by atoms with van der Waals surface area (Å²) in [6.07, 6.45) is 5.72. The Bertz CT molecular complexity index is 963. The molecule has 0 atom stereocenters. The Morgan fingerprint density at radius 2 is 2.00 bits per heavy atom. The van der Waals surface area contributed by atoms with Gasteiger partial charge in [0.1, 0.15) is 0 Å². The number of hydrogen-bond acceptors (Lipinski definition) is 5. The van der Waals surface area contributed by atoms with Gasteiger partial charge >= 0.3 is 0 Å². The first-order chi connectivity index (χ1) is 13.5. The molecule has 0 N–H and O–H groups in total.